The number of hydrogen-bond acceptors (Lipinski definition) is 2. The Morgan fingerprint density at radius 3 is 2.47 bits per heavy atom. The maximum absolute atomic E-state index is 5.92. The van der Waals surface area contributed by atoms with Crippen molar-refractivity contribution in [2.75, 3.05) is 26.0 Å². The molecule has 0 bridgehead atoms. The molecule has 84 valence electrons. The van der Waals surface area contributed by atoms with Crippen molar-refractivity contribution in [3.63, 3.8) is 0 Å². The second-order valence-electron chi connectivity index (χ2n) is 3.94. The minimum absolute atomic E-state index is 0.372. The van der Waals surface area contributed by atoms with Crippen LogP contribution in [0.5, 0.6) is 0 Å². The van der Waals surface area contributed by atoms with E-state index in [9.17, 15) is 0 Å². The van der Waals surface area contributed by atoms with Crippen LogP contribution in [0.4, 0.5) is 5.69 Å². The molecule has 1 unspecified atom stereocenters. The molecule has 0 saturated heterocycles. The van der Waals surface area contributed by atoms with Crippen LogP contribution in [-0.4, -0.2) is 31.6 Å². The molecule has 0 amide bonds. The number of likely N-dealkylation sites (N-methyl/N-ethyl adjacent to an activating group) is 1. The molecule has 0 fully saturated rings. The van der Waals surface area contributed by atoms with Crippen molar-refractivity contribution in [1.29, 1.82) is 0 Å². The Morgan fingerprint density at radius 1 is 1.27 bits per heavy atom. The van der Waals surface area contributed by atoms with Gasteiger partial charge in [-0.2, -0.15) is 0 Å². The van der Waals surface area contributed by atoms with Gasteiger partial charge in [-0.15, -0.1) is 0 Å². The van der Waals surface area contributed by atoms with Gasteiger partial charge in [0.25, 0.3) is 0 Å². The van der Waals surface area contributed by atoms with E-state index in [0.717, 1.165) is 12.2 Å². The molecule has 0 heterocycles. The molecule has 1 aromatic rings. The molecule has 1 atom stereocenters. The van der Waals surface area contributed by atoms with Crippen LogP contribution in [-0.2, 0) is 0 Å². The highest BCUT2D eigenvalue weighted by atomic mass is 35.5. The molecule has 1 aromatic carbocycles. The van der Waals surface area contributed by atoms with Gasteiger partial charge in [0.05, 0.1) is 10.0 Å². The summed E-state index contributed by atoms with van der Waals surface area (Å²) in [4.78, 5) is 2.13. The van der Waals surface area contributed by atoms with E-state index in [4.69, 9.17) is 23.2 Å². The summed E-state index contributed by atoms with van der Waals surface area (Å²) in [5.41, 5.74) is 0.999. The second-order valence-corrected chi connectivity index (χ2v) is 4.75. The van der Waals surface area contributed by atoms with Crippen LogP contribution in [0.2, 0.25) is 10.0 Å². The monoisotopic (exact) mass is 246 g/mol. The predicted octanol–water partition coefficient (Wildman–Crippen LogP) is 3.36. The fourth-order valence-electron chi connectivity index (χ4n) is 1.46. The summed E-state index contributed by atoms with van der Waals surface area (Å²) in [5.74, 6) is 0. The van der Waals surface area contributed by atoms with Crippen molar-refractivity contribution in [2.24, 2.45) is 0 Å². The zero-order valence-electron chi connectivity index (χ0n) is 9.22. The molecule has 0 aliphatic heterocycles. The third-order valence-corrected chi connectivity index (χ3v) is 2.71. The summed E-state index contributed by atoms with van der Waals surface area (Å²) in [6, 6.07) is 5.95. The predicted molar refractivity (Wildman–Crippen MR) is 68.1 cm³/mol. The van der Waals surface area contributed by atoms with Gasteiger partial charge < -0.3 is 10.2 Å². The van der Waals surface area contributed by atoms with E-state index in [1.165, 1.54) is 0 Å². The number of nitrogens with one attached hydrogen (secondary N) is 1. The largest absolute Gasteiger partial charge is 0.381 e. The van der Waals surface area contributed by atoms with E-state index in [-0.39, 0.29) is 0 Å². The van der Waals surface area contributed by atoms with E-state index in [1.54, 1.807) is 6.07 Å². The van der Waals surface area contributed by atoms with Crippen LogP contribution >= 0.6 is 23.2 Å². The van der Waals surface area contributed by atoms with E-state index in [0.29, 0.717) is 16.1 Å². The molecule has 1 rings (SSSR count). The zero-order valence-corrected chi connectivity index (χ0v) is 10.7. The summed E-state index contributed by atoms with van der Waals surface area (Å²) in [6.45, 7) is 3.10. The second kappa shape index (κ2) is 5.59. The van der Waals surface area contributed by atoms with Crippen molar-refractivity contribution in [3.05, 3.63) is 28.2 Å². The Hall–Kier alpha value is -0.440. The Morgan fingerprint density at radius 2 is 1.93 bits per heavy atom. The van der Waals surface area contributed by atoms with Gasteiger partial charge in [0.15, 0.2) is 0 Å². The van der Waals surface area contributed by atoms with Gasteiger partial charge in [0.2, 0.25) is 0 Å². The highest BCUT2D eigenvalue weighted by Gasteiger charge is 2.04. The SMILES string of the molecule is CC(CN(C)C)Nc1ccc(Cl)c(Cl)c1. The first-order valence-electron chi connectivity index (χ1n) is 4.85. The highest BCUT2D eigenvalue weighted by molar-refractivity contribution is 6.42. The quantitative estimate of drug-likeness (QED) is 0.877. The number of benzene rings is 1. The molecule has 1 N–H and O–H groups in total. The first-order valence-corrected chi connectivity index (χ1v) is 5.61. The maximum atomic E-state index is 5.92. The summed E-state index contributed by atoms with van der Waals surface area (Å²) in [5, 5.41) is 4.52. The maximum Gasteiger partial charge on any atom is 0.0612 e. The minimum atomic E-state index is 0.372. The Labute approximate surface area is 101 Å². The lowest BCUT2D eigenvalue weighted by Crippen LogP contribution is -2.29. The molecule has 0 radical (unpaired) electrons. The summed E-state index contributed by atoms with van der Waals surface area (Å²) in [7, 11) is 4.10. The summed E-state index contributed by atoms with van der Waals surface area (Å²) in [6.07, 6.45) is 0. The Bertz CT molecular complexity index is 326. The number of nitrogens with zero attached hydrogens (tertiary/aromatic N) is 1. The van der Waals surface area contributed by atoms with E-state index in [2.05, 4.69) is 17.1 Å². The first kappa shape index (κ1) is 12.6. The highest BCUT2D eigenvalue weighted by Crippen LogP contribution is 2.25. The average Bonchev–Trinajstić information content (AvgIpc) is 2.10. The lowest BCUT2D eigenvalue weighted by Gasteiger charge is -2.19. The lowest BCUT2D eigenvalue weighted by molar-refractivity contribution is 0.392. The average molecular weight is 247 g/mol. The molecule has 0 aliphatic carbocycles. The van der Waals surface area contributed by atoms with Crippen LogP contribution in [0.1, 0.15) is 6.92 Å². The number of rotatable bonds is 4. The number of halogens is 2. The molecule has 0 saturated carbocycles. The number of hydrogen-bond donors (Lipinski definition) is 1. The van der Waals surface area contributed by atoms with Crippen molar-refractivity contribution < 1.29 is 0 Å². The molecule has 4 heteroatoms. The molecule has 15 heavy (non-hydrogen) atoms. The topological polar surface area (TPSA) is 15.3 Å². The molecule has 0 aromatic heterocycles. The zero-order chi connectivity index (χ0) is 11.4. The van der Waals surface area contributed by atoms with Gasteiger partial charge in [0, 0.05) is 18.3 Å². The van der Waals surface area contributed by atoms with Gasteiger partial charge in [-0.05, 0) is 39.2 Å². The molecular weight excluding hydrogens is 231 g/mol. The van der Waals surface area contributed by atoms with E-state index < -0.39 is 0 Å². The van der Waals surface area contributed by atoms with Crippen molar-refractivity contribution >= 4 is 28.9 Å². The molecule has 2 nitrogen and oxygen atoms in total. The third kappa shape index (κ3) is 4.29. The van der Waals surface area contributed by atoms with E-state index >= 15 is 0 Å². The van der Waals surface area contributed by atoms with Crippen LogP contribution in [0.3, 0.4) is 0 Å². The van der Waals surface area contributed by atoms with Gasteiger partial charge in [0.1, 0.15) is 0 Å². The fraction of sp³-hybridized carbons (Fsp3) is 0.455. The van der Waals surface area contributed by atoms with Crippen LogP contribution in [0.15, 0.2) is 18.2 Å². The standard InChI is InChI=1S/C11H16Cl2N2/c1-8(7-15(2)3)14-9-4-5-10(12)11(13)6-9/h4-6,8,14H,7H2,1-3H3. The molecular formula is C11H16Cl2N2. The molecule has 0 spiro atoms. The van der Waals surface area contributed by atoms with Gasteiger partial charge in [-0.3, -0.25) is 0 Å². The third-order valence-electron chi connectivity index (χ3n) is 1.97. The van der Waals surface area contributed by atoms with Crippen molar-refractivity contribution in [1.82, 2.24) is 4.90 Å². The lowest BCUT2D eigenvalue weighted by atomic mass is 10.2. The van der Waals surface area contributed by atoms with E-state index in [1.807, 2.05) is 26.2 Å². The van der Waals surface area contributed by atoms with Crippen LogP contribution in [0, 0.1) is 0 Å². The smallest absolute Gasteiger partial charge is 0.0612 e. The first-order chi connectivity index (χ1) is 6.99. The Kier molecular flexibility index (Phi) is 4.71. The van der Waals surface area contributed by atoms with Gasteiger partial charge in [-0.1, -0.05) is 23.2 Å². The fourth-order valence-corrected chi connectivity index (χ4v) is 1.76. The summed E-state index contributed by atoms with van der Waals surface area (Å²) < 4.78 is 0. The van der Waals surface area contributed by atoms with Crippen molar-refractivity contribution in [3.8, 4) is 0 Å². The number of anilines is 1. The summed E-state index contributed by atoms with van der Waals surface area (Å²) >= 11 is 11.8. The minimum Gasteiger partial charge on any atom is -0.381 e. The normalized spacial score (nSPS) is 12.9. The molecule has 0 aliphatic rings. The Balaban J connectivity index is 2.60. The van der Waals surface area contributed by atoms with Crippen molar-refractivity contribution in [2.45, 2.75) is 13.0 Å². The van der Waals surface area contributed by atoms with Gasteiger partial charge >= 0.3 is 0 Å². The van der Waals surface area contributed by atoms with Crippen LogP contribution in [0.25, 0.3) is 0 Å². The van der Waals surface area contributed by atoms with Gasteiger partial charge in [-0.25, -0.2) is 0 Å². The van der Waals surface area contributed by atoms with Crippen LogP contribution < -0.4 is 5.32 Å².